The summed E-state index contributed by atoms with van der Waals surface area (Å²) in [5.74, 6) is 0.440. The van der Waals surface area contributed by atoms with Crippen molar-refractivity contribution in [1.29, 1.82) is 0 Å². The van der Waals surface area contributed by atoms with Crippen molar-refractivity contribution in [2.45, 2.75) is 62.6 Å². The van der Waals surface area contributed by atoms with Crippen LogP contribution < -0.4 is 0 Å². The fraction of sp³-hybridized carbons (Fsp3) is 0.478. The highest BCUT2D eigenvalue weighted by Gasteiger charge is 2.32. The lowest BCUT2D eigenvalue weighted by molar-refractivity contribution is -0.107. The highest BCUT2D eigenvalue weighted by molar-refractivity contribution is 9.10. The first-order chi connectivity index (χ1) is 13.8. The van der Waals surface area contributed by atoms with Crippen LogP contribution in [-0.2, 0) is 10.0 Å². The molecular weight excluding hydrogens is 466 g/mol. The molecule has 0 unspecified atom stereocenters. The first kappa shape index (κ1) is 25.0. The second kappa shape index (κ2) is 9.92. The van der Waals surface area contributed by atoms with Crippen molar-refractivity contribution in [2.75, 3.05) is 13.1 Å². The van der Waals surface area contributed by atoms with Gasteiger partial charge >= 0.3 is 0 Å². The van der Waals surface area contributed by atoms with Gasteiger partial charge in [-0.2, -0.15) is 4.31 Å². The van der Waals surface area contributed by atoms with Gasteiger partial charge in [-0.3, -0.25) is 0 Å². The molecule has 0 amide bonds. The molecule has 1 fully saturated rings. The number of rotatable bonds is 4. The van der Waals surface area contributed by atoms with Crippen LogP contribution in [0.4, 0.5) is 0 Å². The van der Waals surface area contributed by atoms with Crippen LogP contribution >= 0.6 is 15.9 Å². The topological polar surface area (TPSA) is 77.8 Å². The van der Waals surface area contributed by atoms with E-state index in [-0.39, 0.29) is 0 Å². The molecule has 0 saturated carbocycles. The molecule has 2 aromatic carbocycles. The van der Waals surface area contributed by atoms with Gasteiger partial charge in [0.2, 0.25) is 10.0 Å². The molecule has 7 heteroatoms. The van der Waals surface area contributed by atoms with Crippen LogP contribution in [0.5, 0.6) is 0 Å². The molecular formula is C23H32BrNO4S. The molecule has 0 bridgehead atoms. The van der Waals surface area contributed by atoms with E-state index in [0.29, 0.717) is 23.9 Å². The van der Waals surface area contributed by atoms with Crippen LogP contribution in [0.25, 0.3) is 0 Å². The molecule has 0 atom stereocenters. The standard InChI is InChI=1S/C17H18BrNO2S.C6H14O2/c18-16-8-6-14(7-9-16)15-10-12-19(13-11-15)22(20,21)17-4-2-1-3-5-17;1-5(2,7)6(3,4)8/h1-9,15H,10-13H2;7-8H,1-4H3. The molecule has 1 aliphatic rings. The van der Waals surface area contributed by atoms with E-state index in [0.717, 1.165) is 17.3 Å². The first-order valence-electron chi connectivity index (χ1n) is 10.1. The average molecular weight is 498 g/mol. The molecule has 2 N–H and O–H groups in total. The van der Waals surface area contributed by atoms with Gasteiger partial charge in [-0.25, -0.2) is 8.42 Å². The summed E-state index contributed by atoms with van der Waals surface area (Å²) >= 11 is 3.44. The van der Waals surface area contributed by atoms with Crippen LogP contribution in [0.3, 0.4) is 0 Å². The van der Waals surface area contributed by atoms with E-state index in [9.17, 15) is 8.42 Å². The summed E-state index contributed by atoms with van der Waals surface area (Å²) in [5, 5.41) is 18.2. The molecule has 166 valence electrons. The Morgan fingerprint density at radius 3 is 1.77 bits per heavy atom. The maximum absolute atomic E-state index is 12.6. The predicted molar refractivity (Wildman–Crippen MR) is 124 cm³/mol. The van der Waals surface area contributed by atoms with Gasteiger partial charge in [0.05, 0.1) is 16.1 Å². The van der Waals surface area contributed by atoms with Gasteiger partial charge in [0.15, 0.2) is 0 Å². The fourth-order valence-electron chi connectivity index (χ4n) is 2.91. The van der Waals surface area contributed by atoms with E-state index in [1.165, 1.54) is 5.56 Å². The van der Waals surface area contributed by atoms with E-state index in [4.69, 9.17) is 10.2 Å². The predicted octanol–water partition coefficient (Wildman–Crippen LogP) is 4.55. The van der Waals surface area contributed by atoms with Crippen LogP contribution in [0.15, 0.2) is 64.0 Å². The third-order valence-electron chi connectivity index (χ3n) is 5.67. The number of benzene rings is 2. The molecule has 0 aliphatic carbocycles. The van der Waals surface area contributed by atoms with Gasteiger partial charge in [0.25, 0.3) is 0 Å². The summed E-state index contributed by atoms with van der Waals surface area (Å²) in [6, 6.07) is 17.0. The Morgan fingerprint density at radius 1 is 0.867 bits per heavy atom. The lowest BCUT2D eigenvalue weighted by Crippen LogP contribution is -2.44. The molecule has 1 aliphatic heterocycles. The van der Waals surface area contributed by atoms with Gasteiger partial charge in [-0.15, -0.1) is 0 Å². The van der Waals surface area contributed by atoms with Crippen LogP contribution in [-0.4, -0.2) is 47.2 Å². The Labute approximate surface area is 188 Å². The number of halogens is 1. The Morgan fingerprint density at radius 2 is 1.33 bits per heavy atom. The molecule has 5 nitrogen and oxygen atoms in total. The fourth-order valence-corrected chi connectivity index (χ4v) is 4.66. The number of hydrogen-bond donors (Lipinski definition) is 2. The average Bonchev–Trinajstić information content (AvgIpc) is 2.68. The van der Waals surface area contributed by atoms with E-state index < -0.39 is 21.2 Å². The SMILES string of the molecule is CC(C)(O)C(C)(C)O.O=S(=O)(c1ccccc1)N1CCC(c2ccc(Br)cc2)CC1. The van der Waals surface area contributed by atoms with Crippen molar-refractivity contribution >= 4 is 26.0 Å². The summed E-state index contributed by atoms with van der Waals surface area (Å²) < 4.78 is 27.9. The quantitative estimate of drug-likeness (QED) is 0.649. The minimum absolute atomic E-state index is 0.386. The number of hydrogen-bond acceptors (Lipinski definition) is 4. The lowest BCUT2D eigenvalue weighted by atomic mass is 9.90. The third-order valence-corrected chi connectivity index (χ3v) is 8.12. The second-order valence-corrected chi connectivity index (χ2v) is 11.5. The molecule has 3 rings (SSSR count). The van der Waals surface area contributed by atoms with Crippen molar-refractivity contribution in [2.24, 2.45) is 0 Å². The zero-order valence-electron chi connectivity index (χ0n) is 18.0. The van der Waals surface area contributed by atoms with Crippen molar-refractivity contribution in [3.8, 4) is 0 Å². The highest BCUT2D eigenvalue weighted by atomic mass is 79.9. The Kier molecular flexibility index (Phi) is 8.27. The molecule has 1 saturated heterocycles. The van der Waals surface area contributed by atoms with Crippen molar-refractivity contribution in [3.05, 3.63) is 64.6 Å². The third kappa shape index (κ3) is 6.62. The minimum atomic E-state index is -3.35. The zero-order valence-corrected chi connectivity index (χ0v) is 20.4. The number of piperidine rings is 1. The van der Waals surface area contributed by atoms with Gasteiger partial charge in [0, 0.05) is 17.6 Å². The first-order valence-corrected chi connectivity index (χ1v) is 12.3. The summed E-state index contributed by atoms with van der Waals surface area (Å²) in [7, 11) is -3.35. The van der Waals surface area contributed by atoms with E-state index in [1.807, 2.05) is 18.2 Å². The van der Waals surface area contributed by atoms with E-state index >= 15 is 0 Å². The maximum atomic E-state index is 12.6. The van der Waals surface area contributed by atoms with Gasteiger partial charge in [0.1, 0.15) is 0 Å². The summed E-state index contributed by atoms with van der Waals surface area (Å²) in [5.41, 5.74) is -0.722. The monoisotopic (exact) mass is 497 g/mol. The van der Waals surface area contributed by atoms with Crippen LogP contribution in [0, 0.1) is 0 Å². The highest BCUT2D eigenvalue weighted by Crippen LogP contribution is 2.31. The lowest BCUT2D eigenvalue weighted by Gasteiger charge is -2.31. The van der Waals surface area contributed by atoms with E-state index in [2.05, 4.69) is 28.1 Å². The molecule has 0 radical (unpaired) electrons. The molecule has 2 aromatic rings. The van der Waals surface area contributed by atoms with Crippen LogP contribution in [0.2, 0.25) is 0 Å². The molecule has 0 spiro atoms. The van der Waals surface area contributed by atoms with Crippen molar-refractivity contribution in [3.63, 3.8) is 0 Å². The summed E-state index contributed by atoms with van der Waals surface area (Å²) in [4.78, 5) is 0.386. The summed E-state index contributed by atoms with van der Waals surface area (Å²) in [6.45, 7) is 7.47. The van der Waals surface area contributed by atoms with Crippen LogP contribution in [0.1, 0.15) is 52.0 Å². The Hall–Kier alpha value is -1.25. The molecule has 30 heavy (non-hydrogen) atoms. The Balaban J connectivity index is 0.000000343. The summed E-state index contributed by atoms with van der Waals surface area (Å²) in [6.07, 6.45) is 1.74. The molecule has 0 aromatic heterocycles. The number of aliphatic hydroxyl groups is 2. The number of sulfonamides is 1. The number of nitrogens with zero attached hydrogens (tertiary/aromatic N) is 1. The maximum Gasteiger partial charge on any atom is 0.243 e. The van der Waals surface area contributed by atoms with E-state index in [1.54, 1.807) is 56.3 Å². The second-order valence-electron chi connectivity index (χ2n) is 8.66. The Bertz CT molecular complexity index is 881. The largest absolute Gasteiger partial charge is 0.387 e. The zero-order chi connectivity index (χ0) is 22.6. The van der Waals surface area contributed by atoms with Crippen molar-refractivity contribution in [1.82, 2.24) is 4.31 Å². The smallest absolute Gasteiger partial charge is 0.243 e. The normalized spacial score (nSPS) is 16.6. The minimum Gasteiger partial charge on any atom is -0.387 e. The van der Waals surface area contributed by atoms with Gasteiger partial charge in [-0.1, -0.05) is 46.3 Å². The van der Waals surface area contributed by atoms with Gasteiger partial charge < -0.3 is 10.2 Å². The molecule has 1 heterocycles. The van der Waals surface area contributed by atoms with Crippen molar-refractivity contribution < 1.29 is 18.6 Å². The van der Waals surface area contributed by atoms with Gasteiger partial charge in [-0.05, 0) is 76.3 Å².